The standard InChI is InChI=1S/C20H18O6/c1-9(2)14-7-12-15(25-14)8-13(22)16-17(23)18(24)19(26-20(12)16)10-3-5-11(21)6-4-10/h3-6,8,14,18-19,21-22,24H,1,7H2,2H3/t14-,18-,19+/m0/s1. The molecule has 3 N–H and O–H groups in total. The molecule has 6 heteroatoms. The van der Waals surface area contributed by atoms with E-state index in [0.717, 1.165) is 5.57 Å². The second-order valence-corrected chi connectivity index (χ2v) is 6.67. The highest BCUT2D eigenvalue weighted by molar-refractivity contribution is 6.06. The zero-order valence-electron chi connectivity index (χ0n) is 14.1. The Kier molecular flexibility index (Phi) is 3.66. The molecule has 0 radical (unpaired) electrons. The molecule has 134 valence electrons. The minimum absolute atomic E-state index is 0.0303. The summed E-state index contributed by atoms with van der Waals surface area (Å²) in [5, 5.41) is 30.2. The van der Waals surface area contributed by atoms with Crippen molar-refractivity contribution in [2.45, 2.75) is 31.7 Å². The summed E-state index contributed by atoms with van der Waals surface area (Å²) in [6.07, 6.45) is -2.19. The maximum atomic E-state index is 12.7. The van der Waals surface area contributed by atoms with Crippen molar-refractivity contribution >= 4 is 5.78 Å². The quantitative estimate of drug-likeness (QED) is 0.718. The van der Waals surface area contributed by atoms with E-state index in [1.807, 2.05) is 6.92 Å². The number of aromatic hydroxyl groups is 2. The molecule has 2 aromatic carbocycles. The van der Waals surface area contributed by atoms with Crippen molar-refractivity contribution < 1.29 is 29.6 Å². The highest BCUT2D eigenvalue weighted by Gasteiger charge is 2.42. The number of hydrogen-bond acceptors (Lipinski definition) is 6. The number of benzene rings is 2. The molecule has 26 heavy (non-hydrogen) atoms. The Morgan fingerprint density at radius 3 is 2.54 bits per heavy atom. The average molecular weight is 354 g/mol. The van der Waals surface area contributed by atoms with E-state index in [9.17, 15) is 20.1 Å². The monoisotopic (exact) mass is 354 g/mol. The fraction of sp³-hybridized carbons (Fsp3) is 0.250. The number of ketones is 1. The summed E-state index contributed by atoms with van der Waals surface area (Å²) in [6, 6.07) is 7.46. The summed E-state index contributed by atoms with van der Waals surface area (Å²) in [5.41, 5.74) is 2.01. The molecule has 0 saturated heterocycles. The van der Waals surface area contributed by atoms with E-state index in [1.54, 1.807) is 12.1 Å². The number of carbonyl (C=O) groups excluding carboxylic acids is 1. The van der Waals surface area contributed by atoms with Gasteiger partial charge in [-0.2, -0.15) is 0 Å². The second-order valence-electron chi connectivity index (χ2n) is 6.67. The predicted octanol–water partition coefficient (Wildman–Crippen LogP) is 2.65. The third kappa shape index (κ3) is 2.42. The number of phenols is 2. The van der Waals surface area contributed by atoms with Crippen LogP contribution >= 0.6 is 0 Å². The minimum Gasteiger partial charge on any atom is -0.508 e. The Bertz CT molecular complexity index is 915. The molecule has 0 saturated carbocycles. The maximum Gasteiger partial charge on any atom is 0.202 e. The van der Waals surface area contributed by atoms with Crippen molar-refractivity contribution in [3.63, 3.8) is 0 Å². The molecular formula is C20H18O6. The molecule has 3 atom stereocenters. The van der Waals surface area contributed by atoms with Gasteiger partial charge in [0.1, 0.15) is 34.7 Å². The van der Waals surface area contributed by atoms with E-state index in [-0.39, 0.29) is 28.9 Å². The van der Waals surface area contributed by atoms with Crippen molar-refractivity contribution in [2.24, 2.45) is 0 Å². The molecule has 0 unspecified atom stereocenters. The Labute approximate surface area is 149 Å². The number of carbonyl (C=O) groups is 1. The number of phenolic OH excluding ortho intramolecular Hbond substituents is 2. The lowest BCUT2D eigenvalue weighted by atomic mass is 9.90. The van der Waals surface area contributed by atoms with Crippen molar-refractivity contribution in [3.05, 3.63) is 59.2 Å². The van der Waals surface area contributed by atoms with Crippen molar-refractivity contribution in [1.29, 1.82) is 0 Å². The van der Waals surface area contributed by atoms with Gasteiger partial charge in [-0.1, -0.05) is 18.7 Å². The molecule has 0 aliphatic carbocycles. The van der Waals surface area contributed by atoms with Gasteiger partial charge in [0.15, 0.2) is 12.2 Å². The molecule has 6 nitrogen and oxygen atoms in total. The number of rotatable bonds is 2. The molecule has 2 heterocycles. The molecule has 0 amide bonds. The van der Waals surface area contributed by atoms with Gasteiger partial charge in [0.2, 0.25) is 5.78 Å². The normalized spacial score (nSPS) is 23.6. The fourth-order valence-corrected chi connectivity index (χ4v) is 3.38. The Morgan fingerprint density at radius 2 is 1.88 bits per heavy atom. The zero-order chi connectivity index (χ0) is 18.6. The van der Waals surface area contributed by atoms with Gasteiger partial charge < -0.3 is 24.8 Å². The van der Waals surface area contributed by atoms with Crippen LogP contribution in [0.5, 0.6) is 23.0 Å². The summed E-state index contributed by atoms with van der Waals surface area (Å²) in [6.45, 7) is 5.74. The van der Waals surface area contributed by atoms with Gasteiger partial charge in [-0.3, -0.25) is 4.79 Å². The van der Waals surface area contributed by atoms with Gasteiger partial charge in [-0.25, -0.2) is 0 Å². The Balaban J connectivity index is 1.81. The van der Waals surface area contributed by atoms with Crippen LogP contribution in [0.2, 0.25) is 0 Å². The molecule has 2 aliphatic heterocycles. The number of aliphatic hydroxyl groups excluding tert-OH is 1. The number of fused-ring (bicyclic) bond motifs is 3. The number of aliphatic hydroxyl groups is 1. The number of ether oxygens (including phenoxy) is 2. The van der Waals surface area contributed by atoms with Crippen LogP contribution in [0.25, 0.3) is 0 Å². The van der Waals surface area contributed by atoms with Crippen LogP contribution in [0.15, 0.2) is 42.5 Å². The third-order valence-corrected chi connectivity index (χ3v) is 4.80. The van der Waals surface area contributed by atoms with Crippen LogP contribution in [-0.4, -0.2) is 33.3 Å². The molecule has 2 aromatic rings. The highest BCUT2D eigenvalue weighted by Crippen LogP contribution is 2.49. The highest BCUT2D eigenvalue weighted by atomic mass is 16.5. The molecule has 0 aromatic heterocycles. The first-order valence-electron chi connectivity index (χ1n) is 8.25. The lowest BCUT2D eigenvalue weighted by Crippen LogP contribution is -2.36. The third-order valence-electron chi connectivity index (χ3n) is 4.80. The SMILES string of the molecule is C=C(C)[C@@H]1Cc2c(cc(O)c3c2O[C@H](c2ccc(O)cc2)[C@@H](O)C3=O)O1. The van der Waals surface area contributed by atoms with Gasteiger partial charge in [-0.05, 0) is 30.2 Å². The Morgan fingerprint density at radius 1 is 1.19 bits per heavy atom. The largest absolute Gasteiger partial charge is 0.508 e. The van der Waals surface area contributed by atoms with Crippen molar-refractivity contribution in [2.75, 3.05) is 0 Å². The second kappa shape index (κ2) is 5.78. The van der Waals surface area contributed by atoms with E-state index in [4.69, 9.17) is 9.47 Å². The average Bonchev–Trinajstić information content (AvgIpc) is 3.02. The predicted molar refractivity (Wildman–Crippen MR) is 92.9 cm³/mol. The van der Waals surface area contributed by atoms with Gasteiger partial charge in [0.25, 0.3) is 0 Å². The van der Waals surface area contributed by atoms with Crippen molar-refractivity contribution in [1.82, 2.24) is 0 Å². The lowest BCUT2D eigenvalue weighted by molar-refractivity contribution is 0.0208. The molecular weight excluding hydrogens is 336 g/mol. The molecule has 0 spiro atoms. The summed E-state index contributed by atoms with van der Waals surface area (Å²) in [7, 11) is 0. The topological polar surface area (TPSA) is 96.2 Å². The molecule has 4 rings (SSSR count). The maximum absolute atomic E-state index is 12.7. The first-order valence-corrected chi connectivity index (χ1v) is 8.25. The summed E-state index contributed by atoms with van der Waals surface area (Å²) in [5.74, 6) is -0.139. The smallest absolute Gasteiger partial charge is 0.202 e. The van der Waals surface area contributed by atoms with E-state index >= 15 is 0 Å². The summed E-state index contributed by atoms with van der Waals surface area (Å²) < 4.78 is 11.8. The van der Waals surface area contributed by atoms with E-state index in [1.165, 1.54) is 18.2 Å². The zero-order valence-corrected chi connectivity index (χ0v) is 14.1. The van der Waals surface area contributed by atoms with E-state index < -0.39 is 18.0 Å². The van der Waals surface area contributed by atoms with Crippen LogP contribution in [0.1, 0.15) is 34.5 Å². The fourth-order valence-electron chi connectivity index (χ4n) is 3.38. The lowest BCUT2D eigenvalue weighted by Gasteiger charge is -2.31. The van der Waals surface area contributed by atoms with Gasteiger partial charge >= 0.3 is 0 Å². The van der Waals surface area contributed by atoms with Crippen molar-refractivity contribution in [3.8, 4) is 23.0 Å². The first-order chi connectivity index (χ1) is 12.4. The first kappa shape index (κ1) is 16.5. The molecule has 0 fully saturated rings. The summed E-state index contributed by atoms with van der Waals surface area (Å²) >= 11 is 0. The minimum atomic E-state index is -1.46. The van der Waals surface area contributed by atoms with Crippen LogP contribution in [-0.2, 0) is 6.42 Å². The Hall–Kier alpha value is -2.99. The van der Waals surface area contributed by atoms with E-state index in [0.29, 0.717) is 23.3 Å². The van der Waals surface area contributed by atoms with Gasteiger partial charge in [0.05, 0.1) is 0 Å². The van der Waals surface area contributed by atoms with Crippen LogP contribution in [0.4, 0.5) is 0 Å². The van der Waals surface area contributed by atoms with Crippen LogP contribution < -0.4 is 9.47 Å². The number of Topliss-reactive ketones (excluding diaryl/α,β-unsaturated/α-hetero) is 1. The van der Waals surface area contributed by atoms with Crippen LogP contribution in [0, 0.1) is 0 Å². The molecule has 2 aliphatic rings. The van der Waals surface area contributed by atoms with E-state index in [2.05, 4.69) is 6.58 Å². The van der Waals surface area contributed by atoms with Crippen LogP contribution in [0.3, 0.4) is 0 Å². The number of hydrogen-bond donors (Lipinski definition) is 3. The summed E-state index contributed by atoms with van der Waals surface area (Å²) in [4.78, 5) is 12.7. The van der Waals surface area contributed by atoms with Gasteiger partial charge in [-0.15, -0.1) is 0 Å². The van der Waals surface area contributed by atoms with Gasteiger partial charge in [0, 0.05) is 18.1 Å². The molecule has 0 bridgehead atoms.